The van der Waals surface area contributed by atoms with Gasteiger partial charge in [0.05, 0.1) is 27.6 Å². The Morgan fingerprint density at radius 3 is 2.56 bits per heavy atom. The van der Waals surface area contributed by atoms with Gasteiger partial charge >= 0.3 is 0 Å². The summed E-state index contributed by atoms with van der Waals surface area (Å²) in [5, 5.41) is 1.56. The number of para-hydroxylation sites is 2. The molecule has 0 unspecified atom stereocenters. The van der Waals surface area contributed by atoms with E-state index < -0.39 is 0 Å². The van der Waals surface area contributed by atoms with Gasteiger partial charge in [0.2, 0.25) is 0 Å². The van der Waals surface area contributed by atoms with Crippen molar-refractivity contribution in [2.24, 2.45) is 0 Å². The molecule has 0 aliphatic rings. The van der Waals surface area contributed by atoms with Gasteiger partial charge in [0, 0.05) is 6.20 Å². The molecule has 0 radical (unpaired) electrons. The van der Waals surface area contributed by atoms with Gasteiger partial charge in [0.1, 0.15) is 11.6 Å². The van der Waals surface area contributed by atoms with Crippen molar-refractivity contribution in [2.45, 2.75) is 24.8 Å². The predicted molar refractivity (Wildman–Crippen MR) is 127 cm³/mol. The first-order chi connectivity index (χ1) is 15.5. The SMILES string of the molecule is Cc1ccc(-n2c(SCc3nc4c(C)cccc4c(=O)[nH]3)nc3ccccc3c2=O)nc1. The van der Waals surface area contributed by atoms with Crippen molar-refractivity contribution < 1.29 is 0 Å². The highest BCUT2D eigenvalue weighted by Gasteiger charge is 2.15. The van der Waals surface area contributed by atoms with E-state index in [0.29, 0.717) is 44.4 Å². The normalized spacial score (nSPS) is 11.3. The number of rotatable bonds is 4. The van der Waals surface area contributed by atoms with Gasteiger partial charge in [-0.15, -0.1) is 0 Å². The van der Waals surface area contributed by atoms with Crippen LogP contribution in [0.1, 0.15) is 17.0 Å². The number of hydrogen-bond donors (Lipinski definition) is 1. The zero-order valence-corrected chi connectivity index (χ0v) is 18.3. The van der Waals surface area contributed by atoms with Crippen molar-refractivity contribution in [2.75, 3.05) is 0 Å². The van der Waals surface area contributed by atoms with Gasteiger partial charge < -0.3 is 4.98 Å². The van der Waals surface area contributed by atoms with Gasteiger partial charge in [-0.25, -0.2) is 19.5 Å². The van der Waals surface area contributed by atoms with Crippen LogP contribution in [0, 0.1) is 13.8 Å². The maximum absolute atomic E-state index is 13.3. The maximum Gasteiger partial charge on any atom is 0.267 e. The lowest BCUT2D eigenvalue weighted by atomic mass is 10.1. The fourth-order valence-corrected chi connectivity index (χ4v) is 4.43. The minimum atomic E-state index is -0.190. The van der Waals surface area contributed by atoms with Crippen LogP contribution in [0.15, 0.2) is 75.5 Å². The molecule has 0 bridgehead atoms. The Hall–Kier alpha value is -3.78. The van der Waals surface area contributed by atoms with Crippen molar-refractivity contribution in [3.63, 3.8) is 0 Å². The summed E-state index contributed by atoms with van der Waals surface area (Å²) < 4.78 is 1.51. The standard InChI is InChI=1S/C24H19N5O2S/c1-14-10-11-20(25-12-14)29-23(31)16-7-3-4-9-18(16)26-24(29)32-13-19-27-21-15(2)6-5-8-17(21)22(30)28-19/h3-12H,13H2,1-2H3,(H,27,28,30). The summed E-state index contributed by atoms with van der Waals surface area (Å²) in [4.78, 5) is 42.5. The molecule has 0 aliphatic heterocycles. The smallest absolute Gasteiger partial charge is 0.267 e. The monoisotopic (exact) mass is 441 g/mol. The number of fused-ring (bicyclic) bond motifs is 2. The molecule has 0 saturated heterocycles. The maximum atomic E-state index is 13.3. The first-order valence-electron chi connectivity index (χ1n) is 10.1. The third kappa shape index (κ3) is 3.58. The summed E-state index contributed by atoms with van der Waals surface area (Å²) in [5.74, 6) is 1.36. The first kappa shape index (κ1) is 20.1. The second kappa shape index (κ2) is 8.05. The van der Waals surface area contributed by atoms with Crippen LogP contribution in [-0.2, 0) is 5.75 Å². The van der Waals surface area contributed by atoms with E-state index in [0.717, 1.165) is 11.1 Å². The average Bonchev–Trinajstić information content (AvgIpc) is 2.79. The van der Waals surface area contributed by atoms with Crippen LogP contribution in [-0.4, -0.2) is 24.5 Å². The van der Waals surface area contributed by atoms with E-state index in [9.17, 15) is 9.59 Å². The minimum absolute atomic E-state index is 0.182. The van der Waals surface area contributed by atoms with E-state index in [1.54, 1.807) is 24.4 Å². The van der Waals surface area contributed by atoms with Crippen molar-refractivity contribution in [1.29, 1.82) is 0 Å². The zero-order valence-electron chi connectivity index (χ0n) is 17.5. The second-order valence-electron chi connectivity index (χ2n) is 7.52. The van der Waals surface area contributed by atoms with Gasteiger partial charge in [-0.1, -0.05) is 42.1 Å². The zero-order chi connectivity index (χ0) is 22.2. The fourth-order valence-electron chi connectivity index (χ4n) is 3.56. The van der Waals surface area contributed by atoms with E-state index >= 15 is 0 Å². The van der Waals surface area contributed by atoms with E-state index in [4.69, 9.17) is 4.98 Å². The molecule has 0 amide bonds. The van der Waals surface area contributed by atoms with E-state index in [-0.39, 0.29) is 11.1 Å². The number of aromatic nitrogens is 5. The van der Waals surface area contributed by atoms with Gasteiger partial charge in [0.15, 0.2) is 5.16 Å². The Balaban J connectivity index is 1.61. The molecule has 0 spiro atoms. The third-order valence-electron chi connectivity index (χ3n) is 5.19. The lowest BCUT2D eigenvalue weighted by Crippen LogP contribution is -2.22. The summed E-state index contributed by atoms with van der Waals surface area (Å²) in [6, 6.07) is 16.5. The van der Waals surface area contributed by atoms with Gasteiger partial charge in [-0.3, -0.25) is 9.59 Å². The number of thioether (sulfide) groups is 1. The second-order valence-corrected chi connectivity index (χ2v) is 8.46. The molecule has 5 aromatic rings. The summed E-state index contributed by atoms with van der Waals surface area (Å²) in [6.45, 7) is 3.87. The van der Waals surface area contributed by atoms with Crippen LogP contribution in [0.2, 0.25) is 0 Å². The Labute approximate surface area is 187 Å². The number of aromatic amines is 1. The molecule has 7 nitrogen and oxygen atoms in total. The number of nitrogens with zero attached hydrogens (tertiary/aromatic N) is 4. The van der Waals surface area contributed by atoms with Crippen molar-refractivity contribution >= 4 is 33.6 Å². The lowest BCUT2D eigenvalue weighted by molar-refractivity contribution is 0.793. The minimum Gasteiger partial charge on any atom is -0.309 e. The number of hydrogen-bond acceptors (Lipinski definition) is 6. The van der Waals surface area contributed by atoms with Crippen molar-refractivity contribution in [3.05, 3.63) is 98.5 Å². The van der Waals surface area contributed by atoms with E-state index in [1.807, 2.05) is 50.2 Å². The van der Waals surface area contributed by atoms with Crippen molar-refractivity contribution in [1.82, 2.24) is 24.5 Å². The lowest BCUT2D eigenvalue weighted by Gasteiger charge is -2.12. The van der Waals surface area contributed by atoms with Crippen LogP contribution in [0.25, 0.3) is 27.6 Å². The number of pyridine rings is 1. The summed E-state index contributed by atoms with van der Waals surface area (Å²) in [7, 11) is 0. The Bertz CT molecular complexity index is 1590. The molecule has 5 rings (SSSR count). The molecule has 0 fully saturated rings. The van der Waals surface area contributed by atoms with Crippen LogP contribution < -0.4 is 11.1 Å². The van der Waals surface area contributed by atoms with E-state index in [2.05, 4.69) is 15.0 Å². The fraction of sp³-hybridized carbons (Fsp3) is 0.125. The van der Waals surface area contributed by atoms with Crippen molar-refractivity contribution in [3.8, 4) is 5.82 Å². The number of H-pyrrole nitrogens is 1. The van der Waals surface area contributed by atoms with Crippen LogP contribution in [0.4, 0.5) is 0 Å². The average molecular weight is 442 g/mol. The van der Waals surface area contributed by atoms with Crippen LogP contribution in [0.3, 0.4) is 0 Å². The molecular formula is C24H19N5O2S. The highest BCUT2D eigenvalue weighted by atomic mass is 32.2. The van der Waals surface area contributed by atoms with E-state index in [1.165, 1.54) is 16.3 Å². The number of aryl methyl sites for hydroxylation is 2. The summed E-state index contributed by atoms with van der Waals surface area (Å²) in [5.41, 5.74) is 2.85. The Morgan fingerprint density at radius 2 is 1.75 bits per heavy atom. The van der Waals surface area contributed by atoms with Crippen LogP contribution in [0.5, 0.6) is 0 Å². The highest BCUT2D eigenvalue weighted by molar-refractivity contribution is 7.98. The number of benzene rings is 2. The highest BCUT2D eigenvalue weighted by Crippen LogP contribution is 2.23. The molecule has 2 aromatic carbocycles. The first-order valence-corrected chi connectivity index (χ1v) is 11.1. The van der Waals surface area contributed by atoms with Gasteiger partial charge in [-0.05, 0) is 49.2 Å². The quantitative estimate of drug-likeness (QED) is 0.336. The summed E-state index contributed by atoms with van der Waals surface area (Å²) in [6.07, 6.45) is 1.72. The third-order valence-corrected chi connectivity index (χ3v) is 6.14. The molecule has 3 heterocycles. The molecule has 158 valence electrons. The van der Waals surface area contributed by atoms with Gasteiger partial charge in [0.25, 0.3) is 11.1 Å². The molecule has 3 aromatic heterocycles. The van der Waals surface area contributed by atoms with Crippen LogP contribution >= 0.6 is 11.8 Å². The Kier molecular flexibility index (Phi) is 5.07. The molecule has 0 atom stereocenters. The molecule has 0 saturated carbocycles. The molecule has 8 heteroatoms. The molecule has 32 heavy (non-hydrogen) atoms. The Morgan fingerprint density at radius 1 is 0.938 bits per heavy atom. The molecule has 0 aliphatic carbocycles. The number of nitrogens with one attached hydrogen (secondary N) is 1. The van der Waals surface area contributed by atoms with Gasteiger partial charge in [-0.2, -0.15) is 0 Å². The molecular weight excluding hydrogens is 422 g/mol. The topological polar surface area (TPSA) is 93.5 Å². The summed E-state index contributed by atoms with van der Waals surface area (Å²) >= 11 is 1.33. The largest absolute Gasteiger partial charge is 0.309 e. The predicted octanol–water partition coefficient (Wildman–Crippen LogP) is 3.93. The molecule has 1 N–H and O–H groups in total.